The minimum Gasteiger partial charge on any atom is -0.365 e. The summed E-state index contributed by atoms with van der Waals surface area (Å²) in [5.41, 5.74) is 0. The predicted octanol–water partition coefficient (Wildman–Crippen LogP) is 2.81. The molecule has 2 atom stereocenters. The van der Waals surface area contributed by atoms with Gasteiger partial charge in [0.15, 0.2) is 5.82 Å². The Labute approximate surface area is 132 Å². The van der Waals surface area contributed by atoms with Crippen LogP contribution < -0.4 is 5.32 Å². The van der Waals surface area contributed by atoms with Gasteiger partial charge in [-0.15, -0.1) is 0 Å². The standard InChI is InChI=1S/C16H28N4O2/c1-4-14(15-17-12(3)19-20-15)18-16(21)11(2)22-13-9-7-5-6-8-10-13/h11,13-14H,4-10H2,1-3H3,(H,18,21)(H,17,19,20)/t11-,14-/m1/s1. The second kappa shape index (κ2) is 8.27. The molecule has 1 aromatic heterocycles. The van der Waals surface area contributed by atoms with Gasteiger partial charge in [-0.1, -0.05) is 32.6 Å². The topological polar surface area (TPSA) is 79.9 Å². The molecule has 6 nitrogen and oxygen atoms in total. The van der Waals surface area contributed by atoms with Crippen molar-refractivity contribution in [2.45, 2.75) is 84.0 Å². The van der Waals surface area contributed by atoms with Gasteiger partial charge in [-0.2, -0.15) is 5.10 Å². The number of rotatable bonds is 6. The summed E-state index contributed by atoms with van der Waals surface area (Å²) < 4.78 is 5.96. The van der Waals surface area contributed by atoms with Crippen LogP contribution in [0.3, 0.4) is 0 Å². The highest BCUT2D eigenvalue weighted by molar-refractivity contribution is 5.80. The van der Waals surface area contributed by atoms with Crippen LogP contribution in [0.1, 0.15) is 76.5 Å². The molecule has 1 aliphatic rings. The molecule has 0 aliphatic heterocycles. The Kier molecular flexibility index (Phi) is 6.36. The molecule has 1 aromatic rings. The number of ether oxygens (including phenoxy) is 1. The first-order chi connectivity index (χ1) is 10.6. The summed E-state index contributed by atoms with van der Waals surface area (Å²) in [4.78, 5) is 16.7. The Balaban J connectivity index is 1.86. The molecule has 6 heteroatoms. The number of aromatic nitrogens is 3. The van der Waals surface area contributed by atoms with Gasteiger partial charge in [0.25, 0.3) is 0 Å². The summed E-state index contributed by atoms with van der Waals surface area (Å²) in [6.07, 6.45) is 7.63. The third-order valence-electron chi connectivity index (χ3n) is 4.22. The van der Waals surface area contributed by atoms with E-state index in [-0.39, 0.29) is 18.1 Å². The van der Waals surface area contributed by atoms with Gasteiger partial charge in [0.1, 0.15) is 11.9 Å². The fraction of sp³-hybridized carbons (Fsp3) is 0.812. The van der Waals surface area contributed by atoms with Crippen molar-refractivity contribution < 1.29 is 9.53 Å². The molecule has 0 radical (unpaired) electrons. The largest absolute Gasteiger partial charge is 0.365 e. The second-order valence-electron chi connectivity index (χ2n) is 6.14. The number of hydrogen-bond donors (Lipinski definition) is 2. The van der Waals surface area contributed by atoms with E-state index in [4.69, 9.17) is 4.74 Å². The van der Waals surface area contributed by atoms with E-state index in [1.165, 1.54) is 25.7 Å². The van der Waals surface area contributed by atoms with E-state index in [9.17, 15) is 4.79 Å². The van der Waals surface area contributed by atoms with Crippen molar-refractivity contribution in [3.8, 4) is 0 Å². The first-order valence-electron chi connectivity index (χ1n) is 8.45. The summed E-state index contributed by atoms with van der Waals surface area (Å²) in [5, 5.41) is 9.94. The van der Waals surface area contributed by atoms with Crippen molar-refractivity contribution in [1.29, 1.82) is 0 Å². The van der Waals surface area contributed by atoms with Gasteiger partial charge < -0.3 is 10.1 Å². The number of H-pyrrole nitrogens is 1. The van der Waals surface area contributed by atoms with E-state index < -0.39 is 6.10 Å². The molecule has 1 amide bonds. The van der Waals surface area contributed by atoms with E-state index >= 15 is 0 Å². The maximum atomic E-state index is 12.4. The van der Waals surface area contributed by atoms with Gasteiger partial charge in [-0.3, -0.25) is 9.89 Å². The molecule has 0 aromatic carbocycles. The number of nitrogens with zero attached hydrogens (tertiary/aromatic N) is 2. The smallest absolute Gasteiger partial charge is 0.249 e. The maximum absolute atomic E-state index is 12.4. The summed E-state index contributed by atoms with van der Waals surface area (Å²) in [6.45, 7) is 5.69. The first kappa shape index (κ1) is 16.9. The fourth-order valence-electron chi connectivity index (χ4n) is 2.88. The minimum atomic E-state index is -0.433. The van der Waals surface area contributed by atoms with Crippen LogP contribution in [-0.2, 0) is 9.53 Å². The number of hydrogen-bond acceptors (Lipinski definition) is 4. The number of aryl methyl sites for hydroxylation is 1. The van der Waals surface area contributed by atoms with Crippen molar-refractivity contribution in [2.75, 3.05) is 0 Å². The number of aromatic amines is 1. The van der Waals surface area contributed by atoms with Gasteiger partial charge in [0.05, 0.1) is 12.1 Å². The SMILES string of the molecule is CC[C@@H](NC(=O)[C@@H](C)OC1CCCCCC1)c1n[nH]c(C)n1. The van der Waals surface area contributed by atoms with Crippen LogP contribution in [0, 0.1) is 6.92 Å². The van der Waals surface area contributed by atoms with E-state index in [1.807, 2.05) is 20.8 Å². The Morgan fingerprint density at radius 3 is 2.59 bits per heavy atom. The fourth-order valence-corrected chi connectivity index (χ4v) is 2.88. The summed E-state index contributed by atoms with van der Waals surface area (Å²) in [5.74, 6) is 1.30. The highest BCUT2D eigenvalue weighted by Gasteiger charge is 2.24. The average molecular weight is 308 g/mol. The predicted molar refractivity (Wildman–Crippen MR) is 84.3 cm³/mol. The molecule has 2 N–H and O–H groups in total. The molecule has 1 aliphatic carbocycles. The first-order valence-corrected chi connectivity index (χ1v) is 8.45. The van der Waals surface area contributed by atoms with E-state index in [1.54, 1.807) is 0 Å². The molecule has 22 heavy (non-hydrogen) atoms. The zero-order valence-electron chi connectivity index (χ0n) is 13.9. The zero-order chi connectivity index (χ0) is 15.9. The normalized spacial score (nSPS) is 19.4. The van der Waals surface area contributed by atoms with Crippen molar-refractivity contribution in [2.24, 2.45) is 0 Å². The van der Waals surface area contributed by atoms with Crippen molar-refractivity contribution in [3.63, 3.8) is 0 Å². The van der Waals surface area contributed by atoms with E-state index in [0.717, 1.165) is 25.1 Å². The molecule has 0 spiro atoms. The lowest BCUT2D eigenvalue weighted by Crippen LogP contribution is -2.39. The molecule has 0 saturated heterocycles. The maximum Gasteiger partial charge on any atom is 0.249 e. The Morgan fingerprint density at radius 2 is 2.05 bits per heavy atom. The lowest BCUT2D eigenvalue weighted by atomic mass is 10.1. The van der Waals surface area contributed by atoms with Crippen LogP contribution in [0.25, 0.3) is 0 Å². The molecular formula is C16H28N4O2. The molecule has 1 heterocycles. The van der Waals surface area contributed by atoms with Gasteiger partial charge in [-0.05, 0) is 33.1 Å². The van der Waals surface area contributed by atoms with Crippen molar-refractivity contribution >= 4 is 5.91 Å². The molecule has 124 valence electrons. The molecule has 0 bridgehead atoms. The van der Waals surface area contributed by atoms with Gasteiger partial charge in [0, 0.05) is 0 Å². The quantitative estimate of drug-likeness (QED) is 0.792. The van der Waals surface area contributed by atoms with Crippen LogP contribution in [0.15, 0.2) is 0 Å². The highest BCUT2D eigenvalue weighted by atomic mass is 16.5. The Morgan fingerprint density at radius 1 is 1.36 bits per heavy atom. The Bertz CT molecular complexity index is 466. The van der Waals surface area contributed by atoms with E-state index in [0.29, 0.717) is 5.82 Å². The van der Waals surface area contributed by atoms with Gasteiger partial charge >= 0.3 is 0 Å². The third kappa shape index (κ3) is 4.80. The van der Waals surface area contributed by atoms with Gasteiger partial charge in [-0.25, -0.2) is 4.98 Å². The van der Waals surface area contributed by atoms with Gasteiger partial charge in [0.2, 0.25) is 5.91 Å². The lowest BCUT2D eigenvalue weighted by Gasteiger charge is -2.22. The zero-order valence-corrected chi connectivity index (χ0v) is 13.9. The lowest BCUT2D eigenvalue weighted by molar-refractivity contribution is -0.136. The van der Waals surface area contributed by atoms with E-state index in [2.05, 4.69) is 20.5 Å². The van der Waals surface area contributed by atoms with Crippen LogP contribution in [0.4, 0.5) is 0 Å². The highest BCUT2D eigenvalue weighted by Crippen LogP contribution is 2.21. The third-order valence-corrected chi connectivity index (χ3v) is 4.22. The number of carbonyl (C=O) groups excluding carboxylic acids is 1. The molecule has 0 unspecified atom stereocenters. The number of nitrogens with one attached hydrogen (secondary N) is 2. The average Bonchev–Trinajstić information content (AvgIpc) is 2.77. The Hall–Kier alpha value is -1.43. The van der Waals surface area contributed by atoms with Crippen LogP contribution >= 0.6 is 0 Å². The summed E-state index contributed by atoms with van der Waals surface area (Å²) >= 11 is 0. The summed E-state index contributed by atoms with van der Waals surface area (Å²) in [7, 11) is 0. The minimum absolute atomic E-state index is 0.0847. The van der Waals surface area contributed by atoms with Crippen molar-refractivity contribution in [3.05, 3.63) is 11.6 Å². The van der Waals surface area contributed by atoms with Crippen LogP contribution in [0.5, 0.6) is 0 Å². The molecule has 2 rings (SSSR count). The molecule has 1 fully saturated rings. The number of carbonyl (C=O) groups is 1. The second-order valence-corrected chi connectivity index (χ2v) is 6.14. The summed E-state index contributed by atoms with van der Waals surface area (Å²) in [6, 6.07) is -0.169. The molecular weight excluding hydrogens is 280 g/mol. The van der Waals surface area contributed by atoms with Crippen molar-refractivity contribution in [1.82, 2.24) is 20.5 Å². The number of amides is 1. The van der Waals surface area contributed by atoms with Crippen LogP contribution in [0.2, 0.25) is 0 Å². The molecule has 1 saturated carbocycles. The van der Waals surface area contributed by atoms with Crippen LogP contribution in [-0.4, -0.2) is 33.3 Å². The monoisotopic (exact) mass is 308 g/mol.